The van der Waals surface area contributed by atoms with Crippen LogP contribution in [0.15, 0.2) is 45.8 Å². The molecule has 0 spiro atoms. The zero-order valence-electron chi connectivity index (χ0n) is 15.5. The highest BCUT2D eigenvalue weighted by Gasteiger charge is 2.37. The molecule has 0 unspecified atom stereocenters. The van der Waals surface area contributed by atoms with Crippen LogP contribution in [0.1, 0.15) is 31.4 Å². The van der Waals surface area contributed by atoms with Gasteiger partial charge >= 0.3 is 0 Å². The summed E-state index contributed by atoms with van der Waals surface area (Å²) in [5, 5.41) is 3.26. The minimum Gasteiger partial charge on any atom is -0.315 e. The Balaban J connectivity index is 0.00000210. The van der Waals surface area contributed by atoms with Crippen molar-refractivity contribution in [3.8, 4) is 11.1 Å². The van der Waals surface area contributed by atoms with Gasteiger partial charge in [-0.05, 0) is 59.5 Å². The van der Waals surface area contributed by atoms with Gasteiger partial charge in [0.25, 0.3) is 0 Å². The molecule has 2 aromatic carbocycles. The summed E-state index contributed by atoms with van der Waals surface area (Å²) in [5.74, 6) is 0. The van der Waals surface area contributed by atoms with Crippen molar-refractivity contribution >= 4 is 38.4 Å². The number of fused-ring (bicyclic) bond motifs is 3. The van der Waals surface area contributed by atoms with E-state index in [2.05, 4.69) is 47.2 Å². The van der Waals surface area contributed by atoms with E-state index in [1.54, 1.807) is 10.4 Å². The van der Waals surface area contributed by atoms with Gasteiger partial charge in [0, 0.05) is 29.5 Å². The molecule has 2 aliphatic rings. The highest BCUT2D eigenvalue weighted by Crippen LogP contribution is 2.49. The molecule has 146 valence electrons. The van der Waals surface area contributed by atoms with Gasteiger partial charge in [0.1, 0.15) is 0 Å². The summed E-state index contributed by atoms with van der Waals surface area (Å²) in [7, 11) is -3.47. The predicted octanol–water partition coefficient (Wildman–Crippen LogP) is 4.16. The number of halogens is 2. The summed E-state index contributed by atoms with van der Waals surface area (Å²) in [5.41, 5.74) is 4.42. The van der Waals surface area contributed by atoms with Gasteiger partial charge in [-0.3, -0.25) is 0 Å². The van der Waals surface area contributed by atoms with Crippen LogP contribution in [0.5, 0.6) is 0 Å². The highest BCUT2D eigenvalue weighted by atomic mass is 79.9. The molecule has 0 bridgehead atoms. The molecule has 4 nitrogen and oxygen atoms in total. The summed E-state index contributed by atoms with van der Waals surface area (Å²) < 4.78 is 29.0. The topological polar surface area (TPSA) is 49.4 Å². The Kier molecular flexibility index (Phi) is 5.77. The molecule has 0 atom stereocenters. The summed E-state index contributed by atoms with van der Waals surface area (Å²) >= 11 is 3.56. The minimum absolute atomic E-state index is 0. The van der Waals surface area contributed by atoms with Gasteiger partial charge in [-0.1, -0.05) is 41.9 Å². The lowest BCUT2D eigenvalue weighted by Crippen LogP contribution is -2.34. The van der Waals surface area contributed by atoms with E-state index in [1.165, 1.54) is 11.1 Å². The van der Waals surface area contributed by atoms with E-state index in [-0.39, 0.29) is 17.8 Å². The van der Waals surface area contributed by atoms with Crippen LogP contribution in [-0.4, -0.2) is 38.9 Å². The first-order valence-electron chi connectivity index (χ1n) is 8.97. The second-order valence-electron chi connectivity index (χ2n) is 7.53. The second kappa shape index (κ2) is 7.48. The van der Waals surface area contributed by atoms with Gasteiger partial charge in [0.05, 0.1) is 4.90 Å². The van der Waals surface area contributed by atoms with E-state index in [1.807, 2.05) is 18.2 Å². The summed E-state index contributed by atoms with van der Waals surface area (Å²) in [4.78, 5) is 0.401. The van der Waals surface area contributed by atoms with Crippen LogP contribution in [0.25, 0.3) is 11.1 Å². The predicted molar refractivity (Wildman–Crippen MR) is 115 cm³/mol. The van der Waals surface area contributed by atoms with Crippen LogP contribution in [0.2, 0.25) is 0 Å². The number of hydrogen-bond acceptors (Lipinski definition) is 3. The van der Waals surface area contributed by atoms with E-state index in [9.17, 15) is 8.42 Å². The third-order valence-corrected chi connectivity index (χ3v) is 7.93. The molecular formula is C20H24BrClN2O2S. The summed E-state index contributed by atoms with van der Waals surface area (Å²) in [6.45, 7) is 6.99. The van der Waals surface area contributed by atoms with Crippen LogP contribution >= 0.6 is 28.3 Å². The minimum atomic E-state index is -3.47. The van der Waals surface area contributed by atoms with Gasteiger partial charge in [-0.25, -0.2) is 8.42 Å². The first kappa shape index (κ1) is 20.8. The Morgan fingerprint density at radius 3 is 2.41 bits per heavy atom. The molecular weight excluding hydrogens is 448 g/mol. The van der Waals surface area contributed by atoms with Gasteiger partial charge in [-0.15, -0.1) is 12.4 Å². The smallest absolute Gasteiger partial charge is 0.243 e. The summed E-state index contributed by atoms with van der Waals surface area (Å²) in [6, 6.07) is 11.9. The van der Waals surface area contributed by atoms with Crippen LogP contribution < -0.4 is 5.32 Å². The van der Waals surface area contributed by atoms with Crippen LogP contribution in [0.4, 0.5) is 0 Å². The number of hydrogen-bond donors (Lipinski definition) is 1. The fourth-order valence-corrected chi connectivity index (χ4v) is 5.93. The first-order chi connectivity index (χ1) is 12.3. The Labute approximate surface area is 175 Å². The normalized spacial score (nSPS) is 18.9. The third kappa shape index (κ3) is 3.47. The van der Waals surface area contributed by atoms with Gasteiger partial charge in [0.2, 0.25) is 10.0 Å². The molecule has 27 heavy (non-hydrogen) atoms. The number of benzene rings is 2. The molecule has 2 aromatic rings. The monoisotopic (exact) mass is 470 g/mol. The van der Waals surface area contributed by atoms with Crippen molar-refractivity contribution in [1.82, 2.24) is 9.62 Å². The van der Waals surface area contributed by atoms with Crippen molar-refractivity contribution < 1.29 is 8.42 Å². The van der Waals surface area contributed by atoms with Crippen molar-refractivity contribution in [1.29, 1.82) is 0 Å². The molecule has 1 N–H and O–H groups in total. The molecule has 0 saturated carbocycles. The number of sulfonamides is 1. The molecule has 0 aromatic heterocycles. The zero-order chi connectivity index (χ0) is 18.5. The van der Waals surface area contributed by atoms with E-state index in [0.29, 0.717) is 24.5 Å². The second-order valence-corrected chi connectivity index (χ2v) is 10.4. The van der Waals surface area contributed by atoms with Crippen molar-refractivity contribution in [2.24, 2.45) is 0 Å². The third-order valence-electron chi connectivity index (χ3n) is 5.55. The molecule has 1 fully saturated rings. The molecule has 0 radical (unpaired) electrons. The maximum absolute atomic E-state index is 13.2. The molecule has 7 heteroatoms. The number of nitrogens with one attached hydrogen (secondary N) is 1. The van der Waals surface area contributed by atoms with E-state index < -0.39 is 10.0 Å². The molecule has 4 rings (SSSR count). The van der Waals surface area contributed by atoms with Crippen molar-refractivity contribution in [3.63, 3.8) is 0 Å². The summed E-state index contributed by atoms with van der Waals surface area (Å²) in [6.07, 6.45) is 0.842. The number of nitrogens with zero attached hydrogens (tertiary/aromatic N) is 1. The van der Waals surface area contributed by atoms with Crippen molar-refractivity contribution in [3.05, 3.63) is 52.0 Å². The van der Waals surface area contributed by atoms with Crippen molar-refractivity contribution in [2.75, 3.05) is 26.2 Å². The molecule has 0 amide bonds. The Morgan fingerprint density at radius 1 is 1.00 bits per heavy atom. The fourth-order valence-electron chi connectivity index (χ4n) is 4.06. The van der Waals surface area contributed by atoms with E-state index in [0.717, 1.165) is 28.6 Å². The Hall–Kier alpha value is -0.920. The Bertz CT molecular complexity index is 968. The maximum Gasteiger partial charge on any atom is 0.243 e. The van der Waals surface area contributed by atoms with Gasteiger partial charge in [0.15, 0.2) is 0 Å². The van der Waals surface area contributed by atoms with Crippen LogP contribution in [0.3, 0.4) is 0 Å². The first-order valence-corrected chi connectivity index (χ1v) is 11.2. The van der Waals surface area contributed by atoms with E-state index in [4.69, 9.17) is 0 Å². The van der Waals surface area contributed by atoms with Gasteiger partial charge < -0.3 is 5.32 Å². The molecule has 1 heterocycles. The SMILES string of the molecule is CC1(C)c2cc(Br)ccc2-c2ccc(S(=O)(=O)N3CCCNCC3)cc21.Cl. The van der Waals surface area contributed by atoms with Crippen LogP contribution in [0, 0.1) is 0 Å². The zero-order valence-corrected chi connectivity index (χ0v) is 18.7. The largest absolute Gasteiger partial charge is 0.315 e. The maximum atomic E-state index is 13.2. The lowest BCUT2D eigenvalue weighted by Gasteiger charge is -2.24. The lowest BCUT2D eigenvalue weighted by molar-refractivity contribution is 0.432. The Morgan fingerprint density at radius 2 is 1.67 bits per heavy atom. The standard InChI is InChI=1S/C20H23BrN2O2S.ClH/c1-20(2)18-12-14(21)4-6-16(18)17-7-5-15(13-19(17)20)26(24,25)23-10-3-8-22-9-11-23;/h4-7,12-13,22H,3,8-11H2,1-2H3;1H. The lowest BCUT2D eigenvalue weighted by atomic mass is 9.82. The number of rotatable bonds is 2. The quantitative estimate of drug-likeness (QED) is 0.715. The van der Waals surface area contributed by atoms with Gasteiger partial charge in [-0.2, -0.15) is 4.31 Å². The average molecular weight is 472 g/mol. The molecule has 1 aliphatic carbocycles. The molecule has 1 aliphatic heterocycles. The van der Waals surface area contributed by atoms with E-state index >= 15 is 0 Å². The van der Waals surface area contributed by atoms with Crippen LogP contribution in [-0.2, 0) is 15.4 Å². The average Bonchev–Trinajstić information content (AvgIpc) is 2.82. The highest BCUT2D eigenvalue weighted by molar-refractivity contribution is 9.10. The fraction of sp³-hybridized carbons (Fsp3) is 0.400. The van der Waals surface area contributed by atoms with Crippen molar-refractivity contribution in [2.45, 2.75) is 30.6 Å². The molecule has 1 saturated heterocycles.